The van der Waals surface area contributed by atoms with Crippen LogP contribution in [0.15, 0.2) is 12.3 Å². The molecule has 0 aliphatic carbocycles. The summed E-state index contributed by atoms with van der Waals surface area (Å²) in [6, 6.07) is 2.13. The van der Waals surface area contributed by atoms with Gasteiger partial charge in [-0.3, -0.25) is 0 Å². The molecule has 15 heavy (non-hydrogen) atoms. The molecule has 0 saturated heterocycles. The average Bonchev–Trinajstić information content (AvgIpc) is 2.55. The van der Waals surface area contributed by atoms with Crippen LogP contribution in [-0.2, 0) is 5.88 Å². The first-order valence-corrected chi connectivity index (χ1v) is 5.63. The Morgan fingerprint density at radius 1 is 1.47 bits per heavy atom. The Hall–Kier alpha value is -0.800. The SMILES string of the molecule is CC(C)n1c(CCl)nc2cnc(Cl)cc21. The molecule has 0 aliphatic heterocycles. The van der Waals surface area contributed by atoms with Crippen LogP contribution in [0.5, 0.6) is 0 Å². The second-order valence-electron chi connectivity index (χ2n) is 3.62. The summed E-state index contributed by atoms with van der Waals surface area (Å²) in [7, 11) is 0. The fourth-order valence-electron chi connectivity index (χ4n) is 1.69. The fourth-order valence-corrected chi connectivity index (χ4v) is 2.04. The van der Waals surface area contributed by atoms with Gasteiger partial charge in [-0.1, -0.05) is 11.6 Å². The van der Waals surface area contributed by atoms with Crippen LogP contribution in [0.1, 0.15) is 25.7 Å². The zero-order chi connectivity index (χ0) is 11.0. The van der Waals surface area contributed by atoms with Crippen LogP contribution >= 0.6 is 23.2 Å². The van der Waals surface area contributed by atoms with E-state index < -0.39 is 0 Å². The third-order valence-corrected chi connectivity index (χ3v) is 2.70. The molecule has 2 heterocycles. The van der Waals surface area contributed by atoms with Crippen LogP contribution in [0.3, 0.4) is 0 Å². The van der Waals surface area contributed by atoms with E-state index in [1.165, 1.54) is 0 Å². The summed E-state index contributed by atoms with van der Waals surface area (Å²) in [4.78, 5) is 8.41. The minimum atomic E-state index is 0.308. The van der Waals surface area contributed by atoms with Crippen molar-refractivity contribution in [2.45, 2.75) is 25.8 Å². The Morgan fingerprint density at radius 2 is 2.20 bits per heavy atom. The molecule has 2 aromatic rings. The highest BCUT2D eigenvalue weighted by molar-refractivity contribution is 6.29. The second kappa shape index (κ2) is 3.99. The van der Waals surface area contributed by atoms with E-state index in [9.17, 15) is 0 Å². The van der Waals surface area contributed by atoms with Crippen molar-refractivity contribution in [3.63, 3.8) is 0 Å². The standard InChI is InChI=1S/C10H11Cl2N3/c1-6(2)15-8-3-9(12)13-5-7(8)14-10(15)4-11/h3,5-6H,4H2,1-2H3. The maximum atomic E-state index is 5.86. The molecule has 2 aromatic heterocycles. The molecular formula is C10H11Cl2N3. The van der Waals surface area contributed by atoms with Gasteiger partial charge in [-0.05, 0) is 13.8 Å². The number of pyridine rings is 1. The van der Waals surface area contributed by atoms with E-state index in [4.69, 9.17) is 23.2 Å². The van der Waals surface area contributed by atoms with Gasteiger partial charge in [-0.2, -0.15) is 0 Å². The molecule has 0 atom stereocenters. The van der Waals surface area contributed by atoms with E-state index in [0.29, 0.717) is 17.1 Å². The van der Waals surface area contributed by atoms with E-state index in [-0.39, 0.29) is 0 Å². The molecule has 0 unspecified atom stereocenters. The summed E-state index contributed by atoms with van der Waals surface area (Å²) in [6.07, 6.45) is 1.67. The lowest BCUT2D eigenvalue weighted by atomic mass is 10.3. The van der Waals surface area contributed by atoms with Crippen molar-refractivity contribution in [3.8, 4) is 0 Å². The number of halogens is 2. The van der Waals surface area contributed by atoms with Crippen LogP contribution < -0.4 is 0 Å². The summed E-state index contributed by atoms with van der Waals surface area (Å²) in [5, 5.41) is 0.477. The number of hydrogen-bond acceptors (Lipinski definition) is 2. The maximum Gasteiger partial charge on any atom is 0.131 e. The first-order valence-electron chi connectivity index (χ1n) is 4.71. The van der Waals surface area contributed by atoms with Crippen LogP contribution in [0, 0.1) is 0 Å². The second-order valence-corrected chi connectivity index (χ2v) is 4.28. The van der Waals surface area contributed by atoms with Crippen molar-refractivity contribution in [3.05, 3.63) is 23.2 Å². The summed E-state index contributed by atoms with van der Waals surface area (Å²) in [5.41, 5.74) is 1.82. The van der Waals surface area contributed by atoms with Gasteiger partial charge in [0.1, 0.15) is 16.5 Å². The molecule has 0 amide bonds. The van der Waals surface area contributed by atoms with E-state index in [1.807, 2.05) is 6.07 Å². The highest BCUT2D eigenvalue weighted by Crippen LogP contribution is 2.23. The van der Waals surface area contributed by atoms with Crippen molar-refractivity contribution in [1.29, 1.82) is 0 Å². The Labute approximate surface area is 98.0 Å². The largest absolute Gasteiger partial charge is 0.324 e. The fraction of sp³-hybridized carbons (Fsp3) is 0.400. The van der Waals surface area contributed by atoms with Crippen LogP contribution in [0.4, 0.5) is 0 Å². The zero-order valence-electron chi connectivity index (χ0n) is 8.54. The van der Waals surface area contributed by atoms with Crippen LogP contribution in [0.2, 0.25) is 5.15 Å². The smallest absolute Gasteiger partial charge is 0.131 e. The van der Waals surface area contributed by atoms with Gasteiger partial charge in [0.2, 0.25) is 0 Å². The number of alkyl halides is 1. The van der Waals surface area contributed by atoms with Crippen molar-refractivity contribution in [1.82, 2.24) is 14.5 Å². The number of rotatable bonds is 2. The van der Waals surface area contributed by atoms with Gasteiger partial charge in [0, 0.05) is 12.1 Å². The van der Waals surface area contributed by atoms with E-state index in [0.717, 1.165) is 16.9 Å². The molecule has 0 radical (unpaired) electrons. The highest BCUT2D eigenvalue weighted by Gasteiger charge is 2.12. The maximum absolute atomic E-state index is 5.86. The monoisotopic (exact) mass is 243 g/mol. The molecule has 0 bridgehead atoms. The Balaban J connectivity index is 2.76. The van der Waals surface area contributed by atoms with Gasteiger partial charge in [0.05, 0.1) is 17.6 Å². The quantitative estimate of drug-likeness (QED) is 0.598. The minimum absolute atomic E-state index is 0.308. The molecule has 0 aromatic carbocycles. The minimum Gasteiger partial charge on any atom is -0.324 e. The molecule has 2 rings (SSSR count). The summed E-state index contributed by atoms with van der Waals surface area (Å²) < 4.78 is 2.08. The molecule has 80 valence electrons. The first kappa shape index (κ1) is 10.7. The number of hydrogen-bond donors (Lipinski definition) is 0. The number of imidazole rings is 1. The van der Waals surface area contributed by atoms with Crippen molar-refractivity contribution >= 4 is 34.2 Å². The van der Waals surface area contributed by atoms with Gasteiger partial charge in [-0.25, -0.2) is 9.97 Å². The van der Waals surface area contributed by atoms with Gasteiger partial charge >= 0.3 is 0 Å². The zero-order valence-corrected chi connectivity index (χ0v) is 10.0. The first-order chi connectivity index (χ1) is 7.13. The topological polar surface area (TPSA) is 30.7 Å². The summed E-state index contributed by atoms with van der Waals surface area (Å²) >= 11 is 11.7. The van der Waals surface area contributed by atoms with Crippen LogP contribution in [-0.4, -0.2) is 14.5 Å². The molecule has 5 heteroatoms. The van der Waals surface area contributed by atoms with Gasteiger partial charge < -0.3 is 4.57 Å². The number of fused-ring (bicyclic) bond motifs is 1. The Bertz CT molecular complexity index is 491. The highest BCUT2D eigenvalue weighted by atomic mass is 35.5. The van der Waals surface area contributed by atoms with E-state index in [2.05, 4.69) is 28.4 Å². The molecule has 0 aliphatic rings. The van der Waals surface area contributed by atoms with Gasteiger partial charge in [0.25, 0.3) is 0 Å². The predicted octanol–water partition coefficient (Wildman–Crippen LogP) is 3.40. The lowest BCUT2D eigenvalue weighted by Crippen LogP contribution is -2.04. The summed E-state index contributed by atoms with van der Waals surface area (Å²) in [5.74, 6) is 1.25. The molecule has 0 N–H and O–H groups in total. The van der Waals surface area contributed by atoms with E-state index in [1.54, 1.807) is 6.20 Å². The molecule has 0 spiro atoms. The van der Waals surface area contributed by atoms with Crippen molar-refractivity contribution in [2.24, 2.45) is 0 Å². The normalized spacial score (nSPS) is 11.5. The van der Waals surface area contributed by atoms with Crippen molar-refractivity contribution < 1.29 is 0 Å². The molecule has 0 fully saturated rings. The third-order valence-electron chi connectivity index (χ3n) is 2.25. The number of aromatic nitrogens is 3. The molecule has 3 nitrogen and oxygen atoms in total. The van der Waals surface area contributed by atoms with Crippen LogP contribution in [0.25, 0.3) is 11.0 Å². The number of nitrogens with zero attached hydrogens (tertiary/aromatic N) is 3. The lowest BCUT2D eigenvalue weighted by Gasteiger charge is -2.11. The van der Waals surface area contributed by atoms with Crippen molar-refractivity contribution in [2.75, 3.05) is 0 Å². The third kappa shape index (κ3) is 1.82. The van der Waals surface area contributed by atoms with E-state index >= 15 is 0 Å². The van der Waals surface area contributed by atoms with Gasteiger partial charge in [-0.15, -0.1) is 11.6 Å². The Morgan fingerprint density at radius 3 is 2.80 bits per heavy atom. The molecular weight excluding hydrogens is 233 g/mol. The summed E-state index contributed by atoms with van der Waals surface area (Å²) in [6.45, 7) is 4.18. The molecule has 0 saturated carbocycles. The predicted molar refractivity (Wildman–Crippen MR) is 62.5 cm³/mol. The van der Waals surface area contributed by atoms with Gasteiger partial charge in [0.15, 0.2) is 0 Å². The lowest BCUT2D eigenvalue weighted by molar-refractivity contribution is 0.597. The average molecular weight is 244 g/mol. The Kier molecular flexibility index (Phi) is 2.85.